The van der Waals surface area contributed by atoms with Crippen LogP contribution in [0.25, 0.3) is 0 Å². The van der Waals surface area contributed by atoms with Crippen LogP contribution in [0, 0.1) is 17.7 Å². The minimum Gasteiger partial charge on any atom is -0.493 e. The van der Waals surface area contributed by atoms with Crippen LogP contribution in [-0.2, 0) is 0 Å². The summed E-state index contributed by atoms with van der Waals surface area (Å²) in [6.45, 7) is 8.06. The van der Waals surface area contributed by atoms with E-state index in [2.05, 4.69) is 18.7 Å². The van der Waals surface area contributed by atoms with Crippen LogP contribution in [-0.4, -0.2) is 37.2 Å². The summed E-state index contributed by atoms with van der Waals surface area (Å²) in [5, 5.41) is 0. The van der Waals surface area contributed by atoms with E-state index >= 15 is 0 Å². The maximum atomic E-state index is 12.9. The number of likely N-dealkylation sites (tertiary alicyclic amines) is 1. The fraction of sp³-hybridized carbons (Fsp3) is 0.647. The molecule has 1 atom stereocenters. The van der Waals surface area contributed by atoms with E-state index < -0.39 is 0 Å². The molecule has 3 nitrogen and oxygen atoms in total. The molecule has 1 saturated heterocycles. The molecule has 1 fully saturated rings. The second-order valence-corrected chi connectivity index (χ2v) is 6.23. The zero-order valence-electron chi connectivity index (χ0n) is 13.1. The smallest absolute Gasteiger partial charge is 0.123 e. The van der Waals surface area contributed by atoms with Crippen molar-refractivity contribution in [2.24, 2.45) is 17.6 Å². The molecule has 1 heterocycles. The van der Waals surface area contributed by atoms with Gasteiger partial charge in [-0.15, -0.1) is 0 Å². The lowest BCUT2D eigenvalue weighted by Crippen LogP contribution is -2.42. The Morgan fingerprint density at radius 1 is 1.24 bits per heavy atom. The summed E-state index contributed by atoms with van der Waals surface area (Å²) < 4.78 is 18.6. The van der Waals surface area contributed by atoms with Gasteiger partial charge in [0, 0.05) is 12.0 Å². The SMILES string of the molecule is CC(C)N1CCC(C(CN)COc2ccc(F)cc2)CC1. The summed E-state index contributed by atoms with van der Waals surface area (Å²) >= 11 is 0. The van der Waals surface area contributed by atoms with Gasteiger partial charge in [0.05, 0.1) is 6.61 Å². The fourth-order valence-corrected chi connectivity index (χ4v) is 3.04. The van der Waals surface area contributed by atoms with Crippen LogP contribution in [0.2, 0.25) is 0 Å². The molecular weight excluding hydrogens is 267 g/mol. The van der Waals surface area contributed by atoms with Gasteiger partial charge < -0.3 is 15.4 Å². The summed E-state index contributed by atoms with van der Waals surface area (Å²) in [4.78, 5) is 2.52. The van der Waals surface area contributed by atoms with Crippen molar-refractivity contribution in [1.82, 2.24) is 4.90 Å². The van der Waals surface area contributed by atoms with Gasteiger partial charge in [-0.05, 0) is 76.5 Å². The maximum Gasteiger partial charge on any atom is 0.123 e. The maximum absolute atomic E-state index is 12.9. The number of ether oxygens (including phenoxy) is 1. The summed E-state index contributed by atoms with van der Waals surface area (Å²) in [5.74, 6) is 1.49. The van der Waals surface area contributed by atoms with E-state index in [1.807, 2.05) is 0 Å². The monoisotopic (exact) mass is 294 g/mol. The first-order chi connectivity index (χ1) is 10.1. The highest BCUT2D eigenvalue weighted by Gasteiger charge is 2.27. The number of halogens is 1. The molecule has 1 aromatic rings. The third-order valence-electron chi connectivity index (χ3n) is 4.55. The topological polar surface area (TPSA) is 38.5 Å². The quantitative estimate of drug-likeness (QED) is 0.877. The molecule has 21 heavy (non-hydrogen) atoms. The van der Waals surface area contributed by atoms with Crippen LogP contribution in [0.3, 0.4) is 0 Å². The molecule has 1 unspecified atom stereocenters. The Morgan fingerprint density at radius 3 is 2.38 bits per heavy atom. The van der Waals surface area contributed by atoms with Gasteiger partial charge in [-0.25, -0.2) is 4.39 Å². The Balaban J connectivity index is 1.82. The van der Waals surface area contributed by atoms with Crippen molar-refractivity contribution in [3.05, 3.63) is 30.1 Å². The average Bonchev–Trinajstić information content (AvgIpc) is 2.50. The van der Waals surface area contributed by atoms with Crippen molar-refractivity contribution in [2.75, 3.05) is 26.2 Å². The number of nitrogens with two attached hydrogens (primary N) is 1. The minimum atomic E-state index is -0.237. The minimum absolute atomic E-state index is 0.237. The number of piperidine rings is 1. The molecule has 0 spiro atoms. The Bertz CT molecular complexity index is 413. The van der Waals surface area contributed by atoms with E-state index in [-0.39, 0.29) is 5.82 Å². The molecule has 0 aromatic heterocycles. The molecule has 0 radical (unpaired) electrons. The number of hydrogen-bond donors (Lipinski definition) is 1. The molecule has 2 rings (SSSR count). The Hall–Kier alpha value is -1.13. The third kappa shape index (κ3) is 4.68. The van der Waals surface area contributed by atoms with E-state index in [9.17, 15) is 4.39 Å². The zero-order chi connectivity index (χ0) is 15.2. The van der Waals surface area contributed by atoms with Gasteiger partial charge in [-0.3, -0.25) is 0 Å². The second kappa shape index (κ2) is 7.76. The lowest BCUT2D eigenvalue weighted by Gasteiger charge is -2.37. The van der Waals surface area contributed by atoms with Crippen LogP contribution in [0.5, 0.6) is 5.75 Å². The zero-order valence-corrected chi connectivity index (χ0v) is 13.1. The van der Waals surface area contributed by atoms with Crippen molar-refractivity contribution in [2.45, 2.75) is 32.7 Å². The fourth-order valence-electron chi connectivity index (χ4n) is 3.04. The summed E-state index contributed by atoms with van der Waals surface area (Å²) in [6.07, 6.45) is 2.37. The molecule has 2 N–H and O–H groups in total. The van der Waals surface area contributed by atoms with Crippen LogP contribution in [0.4, 0.5) is 4.39 Å². The lowest BCUT2D eigenvalue weighted by molar-refractivity contribution is 0.101. The Morgan fingerprint density at radius 2 is 1.86 bits per heavy atom. The van der Waals surface area contributed by atoms with Crippen LogP contribution >= 0.6 is 0 Å². The summed E-state index contributed by atoms with van der Waals surface area (Å²) in [7, 11) is 0. The number of nitrogens with zero attached hydrogens (tertiary/aromatic N) is 1. The number of rotatable bonds is 6. The lowest BCUT2D eigenvalue weighted by atomic mass is 9.84. The first-order valence-electron chi connectivity index (χ1n) is 7.92. The van der Waals surface area contributed by atoms with Crippen LogP contribution in [0.1, 0.15) is 26.7 Å². The summed E-state index contributed by atoms with van der Waals surface area (Å²) in [6, 6.07) is 6.81. The molecule has 1 aliphatic heterocycles. The standard InChI is InChI=1S/C17H27FN2O/c1-13(2)20-9-7-14(8-10-20)15(11-19)12-21-17-5-3-16(18)4-6-17/h3-6,13-15H,7-12,19H2,1-2H3. The highest BCUT2D eigenvalue weighted by atomic mass is 19.1. The van der Waals surface area contributed by atoms with Crippen molar-refractivity contribution >= 4 is 0 Å². The van der Waals surface area contributed by atoms with E-state index in [0.717, 1.165) is 18.8 Å². The normalized spacial score (nSPS) is 18.9. The first kappa shape index (κ1) is 16.2. The Kier molecular flexibility index (Phi) is 6.00. The van der Waals surface area contributed by atoms with Crippen molar-refractivity contribution in [1.29, 1.82) is 0 Å². The van der Waals surface area contributed by atoms with Gasteiger partial charge in [-0.1, -0.05) is 0 Å². The van der Waals surface area contributed by atoms with E-state index in [1.54, 1.807) is 12.1 Å². The van der Waals surface area contributed by atoms with E-state index in [4.69, 9.17) is 10.5 Å². The molecule has 1 aromatic carbocycles. The Labute approximate surface area is 127 Å². The molecule has 0 saturated carbocycles. The third-order valence-corrected chi connectivity index (χ3v) is 4.55. The van der Waals surface area contributed by atoms with Gasteiger partial charge in [0.2, 0.25) is 0 Å². The predicted octanol–water partition coefficient (Wildman–Crippen LogP) is 2.90. The van der Waals surface area contributed by atoms with Crippen LogP contribution in [0.15, 0.2) is 24.3 Å². The van der Waals surface area contributed by atoms with Gasteiger partial charge in [0.25, 0.3) is 0 Å². The molecular formula is C17H27FN2O. The first-order valence-corrected chi connectivity index (χ1v) is 7.92. The molecule has 4 heteroatoms. The van der Waals surface area contributed by atoms with E-state index in [0.29, 0.717) is 31.0 Å². The molecule has 0 amide bonds. The largest absolute Gasteiger partial charge is 0.493 e. The molecule has 118 valence electrons. The molecule has 0 aliphatic carbocycles. The number of benzene rings is 1. The van der Waals surface area contributed by atoms with Gasteiger partial charge in [0.15, 0.2) is 0 Å². The number of hydrogen-bond acceptors (Lipinski definition) is 3. The van der Waals surface area contributed by atoms with Crippen molar-refractivity contribution in [3.8, 4) is 5.75 Å². The highest BCUT2D eigenvalue weighted by Crippen LogP contribution is 2.26. The van der Waals surface area contributed by atoms with Gasteiger partial charge >= 0.3 is 0 Å². The van der Waals surface area contributed by atoms with Crippen molar-refractivity contribution in [3.63, 3.8) is 0 Å². The predicted molar refractivity (Wildman–Crippen MR) is 83.9 cm³/mol. The molecule has 0 bridgehead atoms. The van der Waals surface area contributed by atoms with Crippen molar-refractivity contribution < 1.29 is 9.13 Å². The van der Waals surface area contributed by atoms with E-state index in [1.165, 1.54) is 25.0 Å². The molecule has 1 aliphatic rings. The van der Waals surface area contributed by atoms with Gasteiger partial charge in [-0.2, -0.15) is 0 Å². The van der Waals surface area contributed by atoms with Gasteiger partial charge in [0.1, 0.15) is 11.6 Å². The van der Waals surface area contributed by atoms with Crippen LogP contribution < -0.4 is 10.5 Å². The highest BCUT2D eigenvalue weighted by molar-refractivity contribution is 5.22. The average molecular weight is 294 g/mol. The second-order valence-electron chi connectivity index (χ2n) is 6.23. The summed E-state index contributed by atoms with van der Waals surface area (Å²) in [5.41, 5.74) is 5.93.